The zero-order chi connectivity index (χ0) is 13.8. The maximum atomic E-state index is 13.5. The minimum absolute atomic E-state index is 0.109. The lowest BCUT2D eigenvalue weighted by molar-refractivity contribution is 0.0690. The van der Waals surface area contributed by atoms with Crippen LogP contribution in [0, 0.1) is 12.7 Å². The minimum atomic E-state index is -1.12. The number of anilines is 1. The number of aryl methyl sites for hydroxylation is 1. The number of hydrogen-bond donors (Lipinski definition) is 2. The maximum absolute atomic E-state index is 13.5. The van der Waals surface area contributed by atoms with E-state index in [0.717, 1.165) is 5.56 Å². The largest absolute Gasteiger partial charge is 0.476 e. The van der Waals surface area contributed by atoms with Gasteiger partial charge in [-0.25, -0.2) is 13.9 Å². The molecule has 2 rings (SSSR count). The summed E-state index contributed by atoms with van der Waals surface area (Å²) in [4.78, 5) is 10.6. The fraction of sp³-hybridized carbons (Fsp3) is 0.250. The van der Waals surface area contributed by atoms with Crippen LogP contribution in [-0.4, -0.2) is 32.6 Å². The highest BCUT2D eigenvalue weighted by Crippen LogP contribution is 2.18. The fourth-order valence-corrected chi connectivity index (χ4v) is 1.66. The van der Waals surface area contributed by atoms with Crippen LogP contribution in [0.1, 0.15) is 16.1 Å². The monoisotopic (exact) mass is 264 g/mol. The summed E-state index contributed by atoms with van der Waals surface area (Å²) >= 11 is 0. The Morgan fingerprint density at radius 1 is 1.53 bits per heavy atom. The Bertz CT molecular complexity index is 577. The van der Waals surface area contributed by atoms with Crippen molar-refractivity contribution in [3.05, 3.63) is 41.5 Å². The van der Waals surface area contributed by atoms with Crippen LogP contribution in [0.25, 0.3) is 0 Å². The van der Waals surface area contributed by atoms with Crippen molar-refractivity contribution in [3.8, 4) is 0 Å². The van der Waals surface area contributed by atoms with Crippen LogP contribution in [0.2, 0.25) is 0 Å². The second-order valence-electron chi connectivity index (χ2n) is 4.03. The van der Waals surface area contributed by atoms with Gasteiger partial charge in [0.15, 0.2) is 5.69 Å². The summed E-state index contributed by atoms with van der Waals surface area (Å²) in [6, 6.07) is 4.84. The molecule has 100 valence electrons. The summed E-state index contributed by atoms with van der Waals surface area (Å²) in [5, 5.41) is 18.8. The van der Waals surface area contributed by atoms with Gasteiger partial charge in [-0.2, -0.15) is 0 Å². The third kappa shape index (κ3) is 3.06. The number of para-hydroxylation sites is 1. The molecule has 7 heteroatoms. The summed E-state index contributed by atoms with van der Waals surface area (Å²) in [5.74, 6) is -1.44. The van der Waals surface area contributed by atoms with Gasteiger partial charge in [-0.15, -0.1) is 5.10 Å². The van der Waals surface area contributed by atoms with Crippen molar-refractivity contribution in [1.29, 1.82) is 0 Å². The summed E-state index contributed by atoms with van der Waals surface area (Å²) in [5.41, 5.74) is 1.15. The van der Waals surface area contributed by atoms with Gasteiger partial charge in [0.1, 0.15) is 5.82 Å². The minimum Gasteiger partial charge on any atom is -0.476 e. The van der Waals surface area contributed by atoms with Crippen molar-refractivity contribution in [3.63, 3.8) is 0 Å². The summed E-state index contributed by atoms with van der Waals surface area (Å²) in [6.45, 7) is 2.63. The lowest BCUT2D eigenvalue weighted by Crippen LogP contribution is -2.12. The number of nitrogens with one attached hydrogen (secondary N) is 1. The van der Waals surface area contributed by atoms with Crippen molar-refractivity contribution >= 4 is 11.7 Å². The average Bonchev–Trinajstić information content (AvgIpc) is 2.82. The Morgan fingerprint density at radius 2 is 2.32 bits per heavy atom. The Labute approximate surface area is 108 Å². The van der Waals surface area contributed by atoms with Crippen molar-refractivity contribution < 1.29 is 14.3 Å². The van der Waals surface area contributed by atoms with Gasteiger partial charge in [0.2, 0.25) is 0 Å². The zero-order valence-corrected chi connectivity index (χ0v) is 10.3. The van der Waals surface area contributed by atoms with E-state index in [0.29, 0.717) is 18.8 Å². The lowest BCUT2D eigenvalue weighted by atomic mass is 10.2. The molecular formula is C12H13FN4O2. The van der Waals surface area contributed by atoms with Crippen LogP contribution in [-0.2, 0) is 6.54 Å². The SMILES string of the molecule is Cc1cccc(F)c1NCCn1cc(C(=O)O)nn1. The first kappa shape index (κ1) is 13.0. The van der Waals surface area contributed by atoms with Gasteiger partial charge in [0.25, 0.3) is 0 Å². The Balaban J connectivity index is 1.94. The highest BCUT2D eigenvalue weighted by Gasteiger charge is 2.08. The third-order valence-electron chi connectivity index (χ3n) is 2.62. The Kier molecular flexibility index (Phi) is 3.74. The molecule has 0 aliphatic heterocycles. The molecule has 0 aliphatic carbocycles. The highest BCUT2D eigenvalue weighted by atomic mass is 19.1. The number of carboxylic acids is 1. The van der Waals surface area contributed by atoms with Gasteiger partial charge >= 0.3 is 5.97 Å². The maximum Gasteiger partial charge on any atom is 0.358 e. The average molecular weight is 264 g/mol. The van der Waals surface area contributed by atoms with Gasteiger partial charge in [-0.1, -0.05) is 17.3 Å². The van der Waals surface area contributed by atoms with Gasteiger partial charge in [0.05, 0.1) is 18.4 Å². The highest BCUT2D eigenvalue weighted by molar-refractivity contribution is 5.84. The lowest BCUT2D eigenvalue weighted by Gasteiger charge is -2.10. The molecule has 0 unspecified atom stereocenters. The predicted octanol–water partition coefficient (Wildman–Crippen LogP) is 1.54. The molecule has 0 atom stereocenters. The second kappa shape index (κ2) is 5.47. The second-order valence-corrected chi connectivity index (χ2v) is 4.03. The summed E-state index contributed by atoms with van der Waals surface area (Å²) < 4.78 is 14.9. The molecular weight excluding hydrogens is 251 g/mol. The van der Waals surface area contributed by atoms with Crippen LogP contribution in [0.5, 0.6) is 0 Å². The van der Waals surface area contributed by atoms with Crippen LogP contribution in [0.4, 0.5) is 10.1 Å². The zero-order valence-electron chi connectivity index (χ0n) is 10.3. The smallest absolute Gasteiger partial charge is 0.358 e. The summed E-state index contributed by atoms with van der Waals surface area (Å²) in [6.07, 6.45) is 1.33. The Hall–Kier alpha value is -2.44. The molecule has 0 saturated heterocycles. The van der Waals surface area contributed by atoms with Crippen LogP contribution < -0.4 is 5.32 Å². The quantitative estimate of drug-likeness (QED) is 0.856. The third-order valence-corrected chi connectivity index (χ3v) is 2.62. The number of benzene rings is 1. The van der Waals surface area contributed by atoms with E-state index in [-0.39, 0.29) is 11.5 Å². The van der Waals surface area contributed by atoms with E-state index in [9.17, 15) is 9.18 Å². The molecule has 0 bridgehead atoms. The summed E-state index contributed by atoms with van der Waals surface area (Å²) in [7, 11) is 0. The van der Waals surface area contributed by atoms with Gasteiger partial charge in [0, 0.05) is 6.54 Å². The Morgan fingerprint density at radius 3 is 2.95 bits per heavy atom. The van der Waals surface area contributed by atoms with Crippen molar-refractivity contribution in [2.24, 2.45) is 0 Å². The number of aromatic nitrogens is 3. The van der Waals surface area contributed by atoms with E-state index < -0.39 is 5.97 Å². The van der Waals surface area contributed by atoms with Crippen molar-refractivity contribution in [1.82, 2.24) is 15.0 Å². The van der Waals surface area contributed by atoms with Crippen LogP contribution in [0.15, 0.2) is 24.4 Å². The van der Waals surface area contributed by atoms with Crippen molar-refractivity contribution in [2.75, 3.05) is 11.9 Å². The standard InChI is InChI=1S/C12H13FN4O2/c1-8-3-2-4-9(13)11(8)14-5-6-17-7-10(12(18)19)15-16-17/h2-4,7,14H,5-6H2,1H3,(H,18,19). The van der Waals surface area contributed by atoms with Gasteiger partial charge in [-0.05, 0) is 18.6 Å². The van der Waals surface area contributed by atoms with Gasteiger partial charge < -0.3 is 10.4 Å². The number of rotatable bonds is 5. The van der Waals surface area contributed by atoms with Crippen LogP contribution >= 0.6 is 0 Å². The molecule has 0 saturated carbocycles. The molecule has 19 heavy (non-hydrogen) atoms. The molecule has 1 aromatic heterocycles. The number of halogens is 1. The van der Waals surface area contributed by atoms with E-state index >= 15 is 0 Å². The number of aromatic carboxylic acids is 1. The molecule has 0 spiro atoms. The molecule has 0 amide bonds. The number of hydrogen-bond acceptors (Lipinski definition) is 4. The van der Waals surface area contributed by atoms with Crippen molar-refractivity contribution in [2.45, 2.75) is 13.5 Å². The molecule has 1 heterocycles. The number of nitrogens with zero attached hydrogens (tertiary/aromatic N) is 3. The van der Waals surface area contributed by atoms with E-state index in [1.54, 1.807) is 6.07 Å². The molecule has 2 N–H and O–H groups in total. The first-order valence-electron chi connectivity index (χ1n) is 5.70. The molecule has 1 aromatic carbocycles. The topological polar surface area (TPSA) is 80.0 Å². The van der Waals surface area contributed by atoms with Gasteiger partial charge in [-0.3, -0.25) is 0 Å². The predicted molar refractivity (Wildman–Crippen MR) is 66.6 cm³/mol. The molecule has 0 aliphatic rings. The molecule has 0 radical (unpaired) electrons. The first-order valence-corrected chi connectivity index (χ1v) is 5.70. The number of carboxylic acid groups (broad SMARTS) is 1. The fourth-order valence-electron chi connectivity index (χ4n) is 1.66. The molecule has 2 aromatic rings. The van der Waals surface area contributed by atoms with Crippen LogP contribution in [0.3, 0.4) is 0 Å². The van der Waals surface area contributed by atoms with E-state index in [2.05, 4.69) is 15.6 Å². The molecule has 6 nitrogen and oxygen atoms in total. The normalized spacial score (nSPS) is 10.4. The first-order chi connectivity index (χ1) is 9.08. The van der Waals surface area contributed by atoms with E-state index in [1.807, 2.05) is 13.0 Å². The molecule has 0 fully saturated rings. The number of carbonyl (C=O) groups is 1. The van der Waals surface area contributed by atoms with E-state index in [1.165, 1.54) is 16.9 Å². The van der Waals surface area contributed by atoms with E-state index in [4.69, 9.17) is 5.11 Å².